The minimum absolute atomic E-state index is 0.0865. The van der Waals surface area contributed by atoms with Crippen molar-refractivity contribution in [3.8, 4) is 0 Å². The molecule has 3 atom stereocenters. The standard InChI is InChI=1S/C20H22BrNO3/c1-2-10-22-17(12-6-5-7-13(21)11-12)16-18(23)14-8-3-4-9-15(14)25-19(16)20(22)24/h5-7,11,14-15,17H,2-4,8-10H2,1H3. The number of rotatable bonds is 3. The molecule has 1 fully saturated rings. The van der Waals surface area contributed by atoms with Crippen LogP contribution in [0.4, 0.5) is 0 Å². The Morgan fingerprint density at radius 1 is 1.24 bits per heavy atom. The maximum Gasteiger partial charge on any atom is 0.290 e. The molecule has 2 aliphatic heterocycles. The van der Waals surface area contributed by atoms with E-state index in [9.17, 15) is 9.59 Å². The van der Waals surface area contributed by atoms with Gasteiger partial charge in [-0.25, -0.2) is 0 Å². The lowest BCUT2D eigenvalue weighted by Crippen LogP contribution is -2.39. The van der Waals surface area contributed by atoms with E-state index in [0.717, 1.165) is 42.1 Å². The van der Waals surface area contributed by atoms with Gasteiger partial charge in [0.1, 0.15) is 6.10 Å². The second-order valence-electron chi connectivity index (χ2n) is 7.11. The molecule has 25 heavy (non-hydrogen) atoms. The monoisotopic (exact) mass is 403 g/mol. The minimum atomic E-state index is -0.324. The zero-order chi connectivity index (χ0) is 17.6. The fourth-order valence-corrected chi connectivity index (χ4v) is 4.80. The Kier molecular flexibility index (Phi) is 4.44. The Morgan fingerprint density at radius 2 is 2.04 bits per heavy atom. The second-order valence-corrected chi connectivity index (χ2v) is 8.03. The molecule has 3 aliphatic rings. The molecule has 0 saturated heterocycles. The van der Waals surface area contributed by atoms with Crippen molar-refractivity contribution in [1.29, 1.82) is 0 Å². The number of carbonyl (C=O) groups excluding carboxylic acids is 2. The molecule has 0 radical (unpaired) electrons. The van der Waals surface area contributed by atoms with Gasteiger partial charge >= 0.3 is 0 Å². The first-order valence-corrected chi connectivity index (χ1v) is 9.92. The van der Waals surface area contributed by atoms with Gasteiger partial charge in [-0.2, -0.15) is 0 Å². The minimum Gasteiger partial charge on any atom is -0.483 e. The molecule has 132 valence electrons. The Morgan fingerprint density at radius 3 is 2.80 bits per heavy atom. The third-order valence-electron chi connectivity index (χ3n) is 5.49. The molecular weight excluding hydrogens is 382 g/mol. The first-order chi connectivity index (χ1) is 12.1. The van der Waals surface area contributed by atoms with Gasteiger partial charge in [0.15, 0.2) is 11.5 Å². The Hall–Kier alpha value is -1.62. The van der Waals surface area contributed by atoms with Gasteiger partial charge in [-0.1, -0.05) is 41.4 Å². The molecule has 0 bridgehead atoms. The molecule has 1 amide bonds. The van der Waals surface area contributed by atoms with Crippen LogP contribution in [0, 0.1) is 5.92 Å². The predicted molar refractivity (Wildman–Crippen MR) is 97.8 cm³/mol. The number of ketones is 1. The molecule has 1 aromatic rings. The average molecular weight is 404 g/mol. The Labute approximate surface area is 156 Å². The number of amides is 1. The molecule has 1 aliphatic carbocycles. The van der Waals surface area contributed by atoms with Gasteiger partial charge in [0.05, 0.1) is 17.5 Å². The number of ether oxygens (including phenoxy) is 1. The van der Waals surface area contributed by atoms with Gasteiger partial charge in [0.25, 0.3) is 5.91 Å². The van der Waals surface area contributed by atoms with Crippen LogP contribution >= 0.6 is 15.9 Å². The second kappa shape index (κ2) is 6.60. The van der Waals surface area contributed by atoms with E-state index in [-0.39, 0.29) is 29.8 Å². The number of carbonyl (C=O) groups is 2. The zero-order valence-electron chi connectivity index (χ0n) is 14.3. The van der Waals surface area contributed by atoms with Crippen LogP contribution in [0.3, 0.4) is 0 Å². The summed E-state index contributed by atoms with van der Waals surface area (Å²) in [6, 6.07) is 7.56. The van der Waals surface area contributed by atoms with Crippen LogP contribution in [0.5, 0.6) is 0 Å². The summed E-state index contributed by atoms with van der Waals surface area (Å²) in [5.41, 5.74) is 1.55. The van der Waals surface area contributed by atoms with Gasteiger partial charge in [-0.15, -0.1) is 0 Å². The molecule has 5 heteroatoms. The molecule has 0 N–H and O–H groups in total. The van der Waals surface area contributed by atoms with E-state index >= 15 is 0 Å². The molecule has 0 aromatic heterocycles. The van der Waals surface area contributed by atoms with Gasteiger partial charge in [0, 0.05) is 11.0 Å². The van der Waals surface area contributed by atoms with Crippen molar-refractivity contribution in [3.05, 3.63) is 45.6 Å². The first-order valence-electron chi connectivity index (χ1n) is 9.13. The average Bonchev–Trinajstić information content (AvgIpc) is 2.89. The van der Waals surface area contributed by atoms with Crippen molar-refractivity contribution in [3.63, 3.8) is 0 Å². The van der Waals surface area contributed by atoms with Gasteiger partial charge in [0.2, 0.25) is 0 Å². The lowest BCUT2D eigenvalue weighted by atomic mass is 9.77. The number of nitrogens with zero attached hydrogens (tertiary/aromatic N) is 1. The van der Waals surface area contributed by atoms with Crippen molar-refractivity contribution >= 4 is 27.6 Å². The molecular formula is C20H22BrNO3. The van der Waals surface area contributed by atoms with Crippen molar-refractivity contribution in [2.45, 2.75) is 51.2 Å². The summed E-state index contributed by atoms with van der Waals surface area (Å²) in [6.45, 7) is 2.67. The maximum absolute atomic E-state index is 13.3. The summed E-state index contributed by atoms with van der Waals surface area (Å²) in [7, 11) is 0. The van der Waals surface area contributed by atoms with Crippen molar-refractivity contribution in [2.75, 3.05) is 6.54 Å². The van der Waals surface area contributed by atoms with E-state index in [1.165, 1.54) is 0 Å². The van der Waals surface area contributed by atoms with Crippen molar-refractivity contribution in [1.82, 2.24) is 4.90 Å². The van der Waals surface area contributed by atoms with Gasteiger partial charge in [-0.3, -0.25) is 9.59 Å². The van der Waals surface area contributed by atoms with E-state index in [4.69, 9.17) is 4.74 Å². The predicted octanol–water partition coefficient (Wildman–Crippen LogP) is 4.15. The SMILES string of the molecule is CCCN1C(=O)C2=C(C(=O)C3CCCCC3O2)C1c1cccc(Br)c1. The summed E-state index contributed by atoms with van der Waals surface area (Å²) in [4.78, 5) is 28.1. The summed E-state index contributed by atoms with van der Waals surface area (Å²) in [5, 5.41) is 0. The fourth-order valence-electron chi connectivity index (χ4n) is 4.39. The molecule has 3 unspecified atom stereocenters. The highest BCUT2D eigenvalue weighted by Crippen LogP contribution is 2.46. The summed E-state index contributed by atoms with van der Waals surface area (Å²) in [6.07, 6.45) is 4.60. The molecule has 1 saturated carbocycles. The van der Waals surface area contributed by atoms with E-state index in [1.54, 1.807) is 0 Å². The van der Waals surface area contributed by atoms with Gasteiger partial charge in [-0.05, 0) is 43.4 Å². The molecule has 2 heterocycles. The topological polar surface area (TPSA) is 46.6 Å². The normalized spacial score (nSPS) is 28.7. The molecule has 1 aromatic carbocycles. The number of fused-ring (bicyclic) bond motifs is 1. The largest absolute Gasteiger partial charge is 0.483 e. The smallest absolute Gasteiger partial charge is 0.290 e. The summed E-state index contributed by atoms with van der Waals surface area (Å²) >= 11 is 3.51. The number of halogens is 1. The van der Waals surface area contributed by atoms with E-state index < -0.39 is 0 Å². The third-order valence-corrected chi connectivity index (χ3v) is 5.98. The number of hydrogen-bond acceptors (Lipinski definition) is 3. The highest BCUT2D eigenvalue weighted by atomic mass is 79.9. The summed E-state index contributed by atoms with van der Waals surface area (Å²) in [5.74, 6) is 0.227. The van der Waals surface area contributed by atoms with Crippen LogP contribution in [0.1, 0.15) is 50.6 Å². The van der Waals surface area contributed by atoms with Crippen LogP contribution in [-0.4, -0.2) is 29.2 Å². The number of Topliss-reactive ketones (excluding diaryl/α,β-unsaturated/α-hetero) is 1. The highest BCUT2D eigenvalue weighted by molar-refractivity contribution is 9.10. The quantitative estimate of drug-likeness (QED) is 0.760. The highest BCUT2D eigenvalue weighted by Gasteiger charge is 2.51. The molecule has 0 spiro atoms. The third kappa shape index (κ3) is 2.73. The molecule has 4 rings (SSSR count). The van der Waals surface area contributed by atoms with E-state index in [2.05, 4.69) is 15.9 Å². The van der Waals surface area contributed by atoms with Crippen LogP contribution in [0.2, 0.25) is 0 Å². The number of benzene rings is 1. The maximum atomic E-state index is 13.3. The lowest BCUT2D eigenvalue weighted by molar-refractivity contribution is -0.135. The van der Waals surface area contributed by atoms with Crippen molar-refractivity contribution in [2.24, 2.45) is 5.92 Å². The van der Waals surface area contributed by atoms with Gasteiger partial charge < -0.3 is 9.64 Å². The Bertz CT molecular complexity index is 757. The molecule has 4 nitrogen and oxygen atoms in total. The lowest BCUT2D eigenvalue weighted by Gasteiger charge is -2.35. The van der Waals surface area contributed by atoms with Crippen LogP contribution in [0.15, 0.2) is 40.1 Å². The summed E-state index contributed by atoms with van der Waals surface area (Å²) < 4.78 is 7.06. The van der Waals surface area contributed by atoms with E-state index in [1.807, 2.05) is 36.1 Å². The van der Waals surface area contributed by atoms with Crippen LogP contribution in [-0.2, 0) is 14.3 Å². The number of hydrogen-bond donors (Lipinski definition) is 0. The van der Waals surface area contributed by atoms with Crippen molar-refractivity contribution < 1.29 is 14.3 Å². The van der Waals surface area contributed by atoms with E-state index in [0.29, 0.717) is 17.9 Å². The van der Waals surface area contributed by atoms with Crippen LogP contribution < -0.4 is 0 Å². The van der Waals surface area contributed by atoms with Crippen LogP contribution in [0.25, 0.3) is 0 Å². The first kappa shape index (κ1) is 16.8. The zero-order valence-corrected chi connectivity index (χ0v) is 15.9. The fraction of sp³-hybridized carbons (Fsp3) is 0.500. The Balaban J connectivity index is 1.80.